The fraction of sp³-hybridized carbons (Fsp3) is 0.476. The SMILES string of the molecule is COCCn1cccn1.COc1ccc(C2CCOCC2)c2c1CC(NC=O)=N2. The number of fused-ring (bicyclic) bond motifs is 1. The lowest BCUT2D eigenvalue weighted by Gasteiger charge is -2.24. The van der Waals surface area contributed by atoms with Gasteiger partial charge in [-0.25, -0.2) is 4.99 Å². The number of aromatic nitrogens is 2. The van der Waals surface area contributed by atoms with E-state index in [1.807, 2.05) is 23.0 Å². The molecule has 156 valence electrons. The normalized spacial score (nSPS) is 15.7. The summed E-state index contributed by atoms with van der Waals surface area (Å²) in [4.78, 5) is 15.2. The highest BCUT2D eigenvalue weighted by molar-refractivity contribution is 5.99. The maximum Gasteiger partial charge on any atom is 0.212 e. The first-order valence-electron chi connectivity index (χ1n) is 9.78. The van der Waals surface area contributed by atoms with Gasteiger partial charge >= 0.3 is 0 Å². The van der Waals surface area contributed by atoms with E-state index in [-0.39, 0.29) is 0 Å². The molecular weight excluding hydrogens is 372 g/mol. The van der Waals surface area contributed by atoms with Gasteiger partial charge in [0.15, 0.2) is 0 Å². The Bertz CT molecular complexity index is 814. The zero-order chi connectivity index (χ0) is 20.5. The maximum atomic E-state index is 10.6. The Balaban J connectivity index is 0.000000224. The van der Waals surface area contributed by atoms with E-state index in [4.69, 9.17) is 14.2 Å². The molecule has 0 bridgehead atoms. The highest BCUT2D eigenvalue weighted by Crippen LogP contribution is 2.42. The van der Waals surface area contributed by atoms with Crippen molar-refractivity contribution in [2.24, 2.45) is 4.99 Å². The smallest absolute Gasteiger partial charge is 0.212 e. The molecule has 0 atom stereocenters. The van der Waals surface area contributed by atoms with Crippen molar-refractivity contribution in [2.45, 2.75) is 31.7 Å². The summed E-state index contributed by atoms with van der Waals surface area (Å²) in [5, 5.41) is 6.65. The van der Waals surface area contributed by atoms with Crippen LogP contribution >= 0.6 is 0 Å². The molecule has 2 aliphatic rings. The van der Waals surface area contributed by atoms with E-state index < -0.39 is 0 Å². The number of rotatable bonds is 6. The van der Waals surface area contributed by atoms with Crippen LogP contribution in [0.5, 0.6) is 5.75 Å². The average Bonchev–Trinajstić information content (AvgIpc) is 3.43. The summed E-state index contributed by atoms with van der Waals surface area (Å²) in [7, 11) is 3.35. The van der Waals surface area contributed by atoms with Crippen molar-refractivity contribution in [1.29, 1.82) is 0 Å². The van der Waals surface area contributed by atoms with E-state index in [0.29, 0.717) is 24.6 Å². The molecule has 0 saturated carbocycles. The Morgan fingerprint density at radius 3 is 2.79 bits per heavy atom. The van der Waals surface area contributed by atoms with Gasteiger partial charge in [0.1, 0.15) is 11.6 Å². The third kappa shape index (κ3) is 5.42. The van der Waals surface area contributed by atoms with Gasteiger partial charge in [0, 0.05) is 44.7 Å². The summed E-state index contributed by atoms with van der Waals surface area (Å²) >= 11 is 0. The molecule has 0 spiro atoms. The number of carbonyl (C=O) groups is 1. The van der Waals surface area contributed by atoms with Gasteiger partial charge in [-0.1, -0.05) is 6.07 Å². The topological polar surface area (TPSA) is 87.0 Å². The number of hydrogen-bond acceptors (Lipinski definition) is 6. The van der Waals surface area contributed by atoms with Crippen LogP contribution in [0.4, 0.5) is 5.69 Å². The number of carbonyl (C=O) groups excluding carboxylic acids is 1. The number of amidine groups is 1. The Hall–Kier alpha value is -2.71. The van der Waals surface area contributed by atoms with E-state index in [0.717, 1.165) is 56.2 Å². The third-order valence-electron chi connectivity index (χ3n) is 5.05. The zero-order valence-electron chi connectivity index (χ0n) is 17.0. The predicted octanol–water partition coefficient (Wildman–Crippen LogP) is 2.45. The predicted molar refractivity (Wildman–Crippen MR) is 110 cm³/mol. The minimum atomic E-state index is 0.475. The Labute approximate surface area is 170 Å². The molecule has 1 N–H and O–H groups in total. The zero-order valence-corrected chi connectivity index (χ0v) is 17.0. The van der Waals surface area contributed by atoms with Gasteiger partial charge in [-0.3, -0.25) is 9.48 Å². The van der Waals surface area contributed by atoms with Crippen LogP contribution in [0.3, 0.4) is 0 Å². The van der Waals surface area contributed by atoms with Crippen molar-refractivity contribution >= 4 is 17.9 Å². The Morgan fingerprint density at radius 1 is 1.31 bits per heavy atom. The van der Waals surface area contributed by atoms with Crippen LogP contribution in [-0.4, -0.2) is 56.1 Å². The van der Waals surface area contributed by atoms with Crippen LogP contribution in [0.25, 0.3) is 0 Å². The van der Waals surface area contributed by atoms with Crippen LogP contribution in [0.15, 0.2) is 35.6 Å². The summed E-state index contributed by atoms with van der Waals surface area (Å²) in [5.41, 5.74) is 3.29. The highest BCUT2D eigenvalue weighted by atomic mass is 16.5. The second-order valence-electron chi connectivity index (χ2n) is 6.83. The molecule has 1 aromatic heterocycles. The summed E-state index contributed by atoms with van der Waals surface area (Å²) in [6.45, 7) is 3.16. The van der Waals surface area contributed by atoms with Gasteiger partial charge in [-0.2, -0.15) is 5.10 Å². The van der Waals surface area contributed by atoms with Gasteiger partial charge in [-0.05, 0) is 36.5 Å². The molecule has 1 amide bonds. The number of amides is 1. The molecule has 0 unspecified atom stereocenters. The molecule has 2 aromatic rings. The fourth-order valence-electron chi connectivity index (χ4n) is 3.58. The van der Waals surface area contributed by atoms with Crippen molar-refractivity contribution in [3.63, 3.8) is 0 Å². The van der Waals surface area contributed by atoms with Crippen molar-refractivity contribution in [1.82, 2.24) is 15.1 Å². The third-order valence-corrected chi connectivity index (χ3v) is 5.05. The number of ether oxygens (including phenoxy) is 3. The van der Waals surface area contributed by atoms with E-state index in [1.165, 1.54) is 5.56 Å². The highest BCUT2D eigenvalue weighted by Gasteiger charge is 2.26. The summed E-state index contributed by atoms with van der Waals surface area (Å²) in [6, 6.07) is 6.00. The molecule has 4 rings (SSSR count). The number of nitrogens with zero attached hydrogens (tertiary/aromatic N) is 3. The molecule has 0 radical (unpaired) electrons. The van der Waals surface area contributed by atoms with Gasteiger partial charge in [0.25, 0.3) is 0 Å². The summed E-state index contributed by atoms with van der Waals surface area (Å²) in [5.74, 6) is 2.00. The van der Waals surface area contributed by atoms with Crippen LogP contribution < -0.4 is 10.1 Å². The first-order valence-corrected chi connectivity index (χ1v) is 9.78. The number of methoxy groups -OCH3 is 2. The number of benzene rings is 1. The molecule has 1 fully saturated rings. The summed E-state index contributed by atoms with van der Waals surface area (Å²) < 4.78 is 17.5. The van der Waals surface area contributed by atoms with Crippen molar-refractivity contribution < 1.29 is 19.0 Å². The molecule has 1 aromatic carbocycles. The Morgan fingerprint density at radius 2 is 2.14 bits per heavy atom. The molecule has 8 nitrogen and oxygen atoms in total. The van der Waals surface area contributed by atoms with E-state index >= 15 is 0 Å². The van der Waals surface area contributed by atoms with Crippen LogP contribution in [0, 0.1) is 0 Å². The minimum absolute atomic E-state index is 0.475. The van der Waals surface area contributed by atoms with E-state index in [1.54, 1.807) is 20.4 Å². The van der Waals surface area contributed by atoms with E-state index in [2.05, 4.69) is 21.5 Å². The van der Waals surface area contributed by atoms with Gasteiger partial charge < -0.3 is 19.5 Å². The summed E-state index contributed by atoms with van der Waals surface area (Å²) in [6.07, 6.45) is 7.00. The maximum absolute atomic E-state index is 10.6. The van der Waals surface area contributed by atoms with Crippen molar-refractivity contribution in [3.05, 3.63) is 41.7 Å². The molecule has 8 heteroatoms. The van der Waals surface area contributed by atoms with Gasteiger partial charge in [0.2, 0.25) is 6.41 Å². The van der Waals surface area contributed by atoms with Crippen LogP contribution in [0.2, 0.25) is 0 Å². The molecule has 3 heterocycles. The lowest BCUT2D eigenvalue weighted by Crippen LogP contribution is -2.21. The molecule has 2 aliphatic heterocycles. The van der Waals surface area contributed by atoms with Gasteiger partial charge in [-0.15, -0.1) is 0 Å². The van der Waals surface area contributed by atoms with Crippen LogP contribution in [0.1, 0.15) is 29.9 Å². The fourth-order valence-corrected chi connectivity index (χ4v) is 3.58. The monoisotopic (exact) mass is 400 g/mol. The number of nitrogens with one attached hydrogen (secondary N) is 1. The lowest BCUT2D eigenvalue weighted by molar-refractivity contribution is -0.108. The second-order valence-corrected chi connectivity index (χ2v) is 6.83. The van der Waals surface area contributed by atoms with Crippen molar-refractivity contribution in [3.8, 4) is 5.75 Å². The lowest BCUT2D eigenvalue weighted by atomic mass is 9.89. The molecular formula is C21H28N4O4. The first-order chi connectivity index (χ1) is 14.3. The second kappa shape index (κ2) is 10.7. The average molecular weight is 400 g/mol. The molecule has 29 heavy (non-hydrogen) atoms. The molecule has 1 saturated heterocycles. The largest absolute Gasteiger partial charge is 0.496 e. The number of aliphatic imine (C=N–C) groups is 1. The van der Waals surface area contributed by atoms with Crippen LogP contribution in [-0.2, 0) is 27.2 Å². The standard InChI is InChI=1S/C15H18N2O3.C6H10N2O/c1-19-13-3-2-11(10-4-6-20-7-5-10)15-12(13)8-14(17-15)16-9-18;1-9-6-5-8-4-2-3-7-8/h2-3,9-10H,4-8H2,1H3,(H,16,17,18);2-4H,5-6H2,1H3. The Kier molecular flexibility index (Phi) is 7.77. The first kappa shape index (κ1) is 21.0. The van der Waals surface area contributed by atoms with Crippen molar-refractivity contribution in [2.75, 3.05) is 34.0 Å². The quantitative estimate of drug-likeness (QED) is 0.753. The number of hydrogen-bond donors (Lipinski definition) is 1. The molecule has 0 aliphatic carbocycles. The van der Waals surface area contributed by atoms with E-state index in [9.17, 15) is 4.79 Å². The minimum Gasteiger partial charge on any atom is -0.496 e. The van der Waals surface area contributed by atoms with Gasteiger partial charge in [0.05, 0.1) is 25.9 Å².